The summed E-state index contributed by atoms with van der Waals surface area (Å²) in [5.74, 6) is 0.682. The van der Waals surface area contributed by atoms with E-state index in [1.807, 2.05) is 18.2 Å². The smallest absolute Gasteiger partial charge is 0.323 e. The lowest BCUT2D eigenvalue weighted by Gasteiger charge is -2.35. The van der Waals surface area contributed by atoms with Crippen LogP contribution in [0.2, 0.25) is 0 Å². The van der Waals surface area contributed by atoms with Gasteiger partial charge in [0.25, 0.3) is 0 Å². The van der Waals surface area contributed by atoms with E-state index in [0.29, 0.717) is 6.42 Å². The van der Waals surface area contributed by atoms with Crippen LogP contribution in [0.15, 0.2) is 30.3 Å². The summed E-state index contributed by atoms with van der Waals surface area (Å²) in [5.41, 5.74) is 1.22. The summed E-state index contributed by atoms with van der Waals surface area (Å²) in [6.07, 6.45) is 12.5. The van der Waals surface area contributed by atoms with Crippen molar-refractivity contribution < 1.29 is 14.6 Å². The molecule has 0 aromatic heterocycles. The molecule has 1 saturated heterocycles. The first-order valence-corrected chi connectivity index (χ1v) is 11.8. The predicted molar refractivity (Wildman–Crippen MR) is 114 cm³/mol. The molecule has 1 heterocycles. The molecule has 0 radical (unpaired) electrons. The fourth-order valence-corrected chi connectivity index (χ4v) is 4.68. The Labute approximate surface area is 169 Å². The molecule has 0 saturated carbocycles. The third kappa shape index (κ3) is 8.69. The van der Waals surface area contributed by atoms with E-state index in [-0.39, 0.29) is 23.4 Å². The van der Waals surface area contributed by atoms with Crippen LogP contribution in [0.5, 0.6) is 0 Å². The maximum absolute atomic E-state index is 11.7. The number of hydrogen-bond acceptors (Lipinski definition) is 4. The first kappa shape index (κ1) is 22.3. The molecule has 1 aliphatic rings. The Morgan fingerprint density at radius 2 is 1.63 bits per heavy atom. The third-order valence-electron chi connectivity index (χ3n) is 5.26. The number of rotatable bonds is 15. The molecule has 2 unspecified atom stereocenters. The molecule has 3 atom stereocenters. The zero-order valence-corrected chi connectivity index (χ0v) is 17.6. The average molecular weight is 393 g/mol. The standard InChI is InChI=1S/C23H36O3S/c1-2-3-4-5-6-7-8-9-13-16-20(24)17-21-22(23(25)26-21)27-18-19-14-11-10-12-15-19/h10-12,14-15,20-22,24H,2-9,13,16-18H2,1H3/t20-,21?,22?/m1/s1. The Balaban J connectivity index is 1.52. The first-order valence-electron chi connectivity index (χ1n) is 10.7. The van der Waals surface area contributed by atoms with Crippen molar-refractivity contribution in [2.45, 2.75) is 101 Å². The van der Waals surface area contributed by atoms with Crippen LogP contribution in [0, 0.1) is 0 Å². The number of ether oxygens (including phenoxy) is 1. The highest BCUT2D eigenvalue weighted by molar-refractivity contribution is 8.00. The summed E-state index contributed by atoms with van der Waals surface area (Å²) in [6, 6.07) is 10.2. The van der Waals surface area contributed by atoms with E-state index >= 15 is 0 Å². The lowest BCUT2D eigenvalue weighted by molar-refractivity contribution is -0.169. The van der Waals surface area contributed by atoms with E-state index in [1.165, 1.54) is 56.9 Å². The van der Waals surface area contributed by atoms with Gasteiger partial charge in [-0.05, 0) is 12.0 Å². The Morgan fingerprint density at radius 3 is 2.26 bits per heavy atom. The zero-order valence-electron chi connectivity index (χ0n) is 16.8. The molecule has 1 N–H and O–H groups in total. The molecule has 4 heteroatoms. The highest BCUT2D eigenvalue weighted by Gasteiger charge is 2.43. The Bertz CT molecular complexity index is 520. The fourth-order valence-electron chi connectivity index (χ4n) is 3.54. The summed E-state index contributed by atoms with van der Waals surface area (Å²) in [4.78, 5) is 11.7. The van der Waals surface area contributed by atoms with E-state index in [0.717, 1.165) is 18.6 Å². The molecule has 0 amide bonds. The van der Waals surface area contributed by atoms with Gasteiger partial charge in [-0.15, -0.1) is 11.8 Å². The summed E-state index contributed by atoms with van der Waals surface area (Å²) < 4.78 is 5.28. The number of hydrogen-bond donors (Lipinski definition) is 1. The minimum Gasteiger partial charge on any atom is -0.460 e. The molecule has 1 fully saturated rings. The van der Waals surface area contributed by atoms with Crippen LogP contribution in [0.4, 0.5) is 0 Å². The second-order valence-electron chi connectivity index (χ2n) is 7.70. The molecule has 27 heavy (non-hydrogen) atoms. The lowest BCUT2D eigenvalue weighted by Crippen LogP contribution is -2.49. The maximum atomic E-state index is 11.7. The number of aliphatic hydroxyl groups is 1. The number of carbonyl (C=O) groups is 1. The quantitative estimate of drug-likeness (QED) is 0.299. The van der Waals surface area contributed by atoms with Crippen LogP contribution < -0.4 is 0 Å². The second kappa shape index (κ2) is 13.2. The van der Waals surface area contributed by atoms with Crippen LogP contribution in [0.3, 0.4) is 0 Å². The molecule has 152 valence electrons. The van der Waals surface area contributed by atoms with Gasteiger partial charge in [-0.3, -0.25) is 4.79 Å². The molecule has 1 aromatic carbocycles. The summed E-state index contributed by atoms with van der Waals surface area (Å²) in [5, 5.41) is 10.2. The summed E-state index contributed by atoms with van der Waals surface area (Å²) >= 11 is 1.63. The fraction of sp³-hybridized carbons (Fsp3) is 0.696. The van der Waals surface area contributed by atoms with Crippen molar-refractivity contribution in [1.29, 1.82) is 0 Å². The Morgan fingerprint density at radius 1 is 1.00 bits per heavy atom. The average Bonchev–Trinajstić information content (AvgIpc) is 2.67. The molecule has 0 aliphatic carbocycles. The van der Waals surface area contributed by atoms with E-state index in [9.17, 15) is 9.90 Å². The molecular weight excluding hydrogens is 356 g/mol. The van der Waals surface area contributed by atoms with E-state index in [2.05, 4.69) is 19.1 Å². The van der Waals surface area contributed by atoms with Crippen molar-refractivity contribution in [3.63, 3.8) is 0 Å². The number of thioether (sulfide) groups is 1. The van der Waals surface area contributed by atoms with Crippen molar-refractivity contribution in [3.8, 4) is 0 Å². The van der Waals surface area contributed by atoms with Crippen LogP contribution in [-0.2, 0) is 15.3 Å². The highest BCUT2D eigenvalue weighted by atomic mass is 32.2. The van der Waals surface area contributed by atoms with Gasteiger partial charge >= 0.3 is 5.97 Å². The summed E-state index contributed by atoms with van der Waals surface area (Å²) in [7, 11) is 0. The van der Waals surface area contributed by atoms with Crippen molar-refractivity contribution >= 4 is 17.7 Å². The Kier molecular flexibility index (Phi) is 10.9. The number of aliphatic hydroxyl groups excluding tert-OH is 1. The largest absolute Gasteiger partial charge is 0.460 e. The van der Waals surface area contributed by atoms with Crippen molar-refractivity contribution in [1.82, 2.24) is 0 Å². The van der Waals surface area contributed by atoms with Crippen LogP contribution in [0.25, 0.3) is 0 Å². The Hall–Kier alpha value is -1.00. The van der Waals surface area contributed by atoms with Crippen LogP contribution in [0.1, 0.15) is 83.1 Å². The minimum atomic E-state index is -0.354. The highest BCUT2D eigenvalue weighted by Crippen LogP contribution is 2.33. The summed E-state index contributed by atoms with van der Waals surface area (Å²) in [6.45, 7) is 2.25. The number of carbonyl (C=O) groups excluding carboxylic acids is 1. The van der Waals surface area contributed by atoms with Gasteiger partial charge in [-0.1, -0.05) is 95.0 Å². The third-order valence-corrected chi connectivity index (χ3v) is 6.61. The second-order valence-corrected chi connectivity index (χ2v) is 8.83. The molecule has 3 nitrogen and oxygen atoms in total. The molecular formula is C23H36O3S. The molecule has 2 rings (SSSR count). The number of benzene rings is 1. The number of esters is 1. The van der Waals surface area contributed by atoms with Gasteiger partial charge in [-0.2, -0.15) is 0 Å². The van der Waals surface area contributed by atoms with Gasteiger partial charge in [0.15, 0.2) is 0 Å². The molecule has 0 bridgehead atoms. The minimum absolute atomic E-state index is 0.122. The zero-order chi connectivity index (χ0) is 19.3. The lowest BCUT2D eigenvalue weighted by atomic mass is 9.99. The number of cyclic esters (lactones) is 1. The van der Waals surface area contributed by atoms with Gasteiger partial charge in [-0.25, -0.2) is 0 Å². The maximum Gasteiger partial charge on any atom is 0.323 e. The molecule has 1 aliphatic heterocycles. The van der Waals surface area contributed by atoms with Crippen LogP contribution in [-0.4, -0.2) is 28.5 Å². The van der Waals surface area contributed by atoms with Crippen molar-refractivity contribution in [2.24, 2.45) is 0 Å². The monoisotopic (exact) mass is 392 g/mol. The van der Waals surface area contributed by atoms with E-state index < -0.39 is 0 Å². The molecule has 1 aromatic rings. The van der Waals surface area contributed by atoms with Gasteiger partial charge in [0.05, 0.1) is 6.10 Å². The SMILES string of the molecule is CCCCCCCCCCC[C@@H](O)CC1OC(=O)C1SCc1ccccc1. The number of unbranched alkanes of at least 4 members (excludes halogenated alkanes) is 8. The van der Waals surface area contributed by atoms with Crippen molar-refractivity contribution in [2.75, 3.05) is 0 Å². The van der Waals surface area contributed by atoms with E-state index in [1.54, 1.807) is 11.8 Å². The molecule has 0 spiro atoms. The first-order chi connectivity index (χ1) is 13.2. The van der Waals surface area contributed by atoms with Crippen molar-refractivity contribution in [3.05, 3.63) is 35.9 Å². The van der Waals surface area contributed by atoms with Gasteiger partial charge in [0.2, 0.25) is 0 Å². The predicted octanol–water partition coefficient (Wildman–Crippen LogP) is 5.89. The van der Waals surface area contributed by atoms with Gasteiger partial charge in [0, 0.05) is 12.2 Å². The van der Waals surface area contributed by atoms with Crippen LogP contribution >= 0.6 is 11.8 Å². The topological polar surface area (TPSA) is 46.5 Å². The van der Waals surface area contributed by atoms with E-state index in [4.69, 9.17) is 4.74 Å². The normalized spacial score (nSPS) is 20.1. The van der Waals surface area contributed by atoms with Gasteiger partial charge in [0.1, 0.15) is 11.4 Å². The van der Waals surface area contributed by atoms with Gasteiger partial charge < -0.3 is 9.84 Å².